The van der Waals surface area contributed by atoms with E-state index >= 15 is 0 Å². The minimum absolute atomic E-state index is 0.164. The highest BCUT2D eigenvalue weighted by molar-refractivity contribution is 7.96. The van der Waals surface area contributed by atoms with E-state index in [-0.39, 0.29) is 18.7 Å². The van der Waals surface area contributed by atoms with Crippen molar-refractivity contribution in [2.75, 3.05) is 6.54 Å². The van der Waals surface area contributed by atoms with Crippen LogP contribution in [0.4, 0.5) is 0 Å². The fourth-order valence-corrected chi connectivity index (χ4v) is 7.53. The topological polar surface area (TPSA) is 66.9 Å². The van der Waals surface area contributed by atoms with Crippen molar-refractivity contribution in [1.29, 1.82) is 5.26 Å². The quantitative estimate of drug-likeness (QED) is 0.677. The standard InChI is InChI=1S/C23H21N2OP/c24-17-16-22(26)23(18-25)27(19-10-4-1-5-11-19,20-12-6-2-7-13-20)21-14-8-3-9-15-21/h1-15H,16-17,24H2. The molecule has 0 aromatic heterocycles. The Bertz CT molecular complexity index is 903. The Morgan fingerprint density at radius 2 is 1.15 bits per heavy atom. The number of hydrogen-bond acceptors (Lipinski definition) is 3. The van der Waals surface area contributed by atoms with E-state index in [1.54, 1.807) is 0 Å². The predicted octanol–water partition coefficient (Wildman–Crippen LogP) is 2.59. The zero-order chi connectivity index (χ0) is 19.1. The van der Waals surface area contributed by atoms with Crippen LogP contribution in [-0.4, -0.2) is 17.6 Å². The number of hydrogen-bond donors (Lipinski definition) is 1. The summed E-state index contributed by atoms with van der Waals surface area (Å²) >= 11 is 0. The fourth-order valence-electron chi connectivity index (χ4n) is 3.36. The second kappa shape index (κ2) is 8.64. The van der Waals surface area contributed by atoms with Crippen molar-refractivity contribution in [3.05, 3.63) is 91.0 Å². The molecule has 134 valence electrons. The third-order valence-electron chi connectivity index (χ3n) is 4.51. The molecule has 0 aliphatic heterocycles. The molecule has 0 aliphatic rings. The molecule has 3 aromatic rings. The summed E-state index contributed by atoms with van der Waals surface area (Å²) in [5.74, 6) is -0.176. The SMILES string of the molecule is N#CC(C(=O)CCN)=P(c1ccccc1)(c1ccccc1)c1ccccc1. The maximum atomic E-state index is 13.0. The average molecular weight is 372 g/mol. The van der Waals surface area contributed by atoms with Gasteiger partial charge in [-0.25, -0.2) is 0 Å². The number of nitriles is 1. The van der Waals surface area contributed by atoms with E-state index in [9.17, 15) is 10.1 Å². The second-order valence-electron chi connectivity index (χ2n) is 6.10. The fraction of sp³-hybridized carbons (Fsp3) is 0.0870. The van der Waals surface area contributed by atoms with Gasteiger partial charge in [-0.15, -0.1) is 0 Å². The van der Waals surface area contributed by atoms with Crippen molar-refractivity contribution in [3.63, 3.8) is 0 Å². The third-order valence-corrected chi connectivity index (χ3v) is 8.75. The molecule has 2 N–H and O–H groups in total. The summed E-state index contributed by atoms with van der Waals surface area (Å²) in [5, 5.41) is 13.4. The van der Waals surface area contributed by atoms with E-state index in [1.165, 1.54) is 0 Å². The van der Waals surface area contributed by atoms with Crippen LogP contribution in [0.3, 0.4) is 0 Å². The molecule has 0 fully saturated rings. The van der Waals surface area contributed by atoms with Gasteiger partial charge in [0.15, 0.2) is 5.78 Å². The Balaban J connectivity index is 2.56. The first-order valence-electron chi connectivity index (χ1n) is 8.82. The van der Waals surface area contributed by atoms with E-state index in [0.29, 0.717) is 5.29 Å². The minimum atomic E-state index is -2.60. The van der Waals surface area contributed by atoms with Gasteiger partial charge in [0.2, 0.25) is 0 Å². The molecule has 3 nitrogen and oxygen atoms in total. The Morgan fingerprint density at radius 3 is 1.44 bits per heavy atom. The Labute approximate surface area is 160 Å². The Hall–Kier alpha value is -2.92. The molecular weight excluding hydrogens is 351 g/mol. The van der Waals surface area contributed by atoms with Gasteiger partial charge >= 0.3 is 0 Å². The van der Waals surface area contributed by atoms with Crippen molar-refractivity contribution in [2.45, 2.75) is 6.42 Å². The summed E-state index contributed by atoms with van der Waals surface area (Å²) in [6.07, 6.45) is 0.164. The van der Waals surface area contributed by atoms with Crippen LogP contribution in [0.1, 0.15) is 6.42 Å². The van der Waals surface area contributed by atoms with Crippen molar-refractivity contribution >= 4 is 33.9 Å². The molecule has 3 aromatic carbocycles. The largest absolute Gasteiger partial charge is 0.330 e. The minimum Gasteiger partial charge on any atom is -0.330 e. The summed E-state index contributed by atoms with van der Waals surface area (Å²) < 4.78 is 0. The molecule has 0 unspecified atom stereocenters. The molecule has 0 heterocycles. The Morgan fingerprint density at radius 1 is 0.778 bits per heavy atom. The molecule has 0 saturated heterocycles. The van der Waals surface area contributed by atoms with Crippen LogP contribution in [0.25, 0.3) is 0 Å². The molecule has 0 radical (unpaired) electrons. The van der Waals surface area contributed by atoms with E-state index in [2.05, 4.69) is 6.07 Å². The van der Waals surface area contributed by atoms with Crippen LogP contribution < -0.4 is 21.6 Å². The van der Waals surface area contributed by atoms with Gasteiger partial charge in [-0.1, -0.05) is 91.0 Å². The number of nitrogens with zero attached hydrogens (tertiary/aromatic N) is 1. The summed E-state index contributed by atoms with van der Waals surface area (Å²) in [6.45, 7) is -2.37. The lowest BCUT2D eigenvalue weighted by molar-refractivity contribution is -0.112. The summed E-state index contributed by atoms with van der Waals surface area (Å²) in [7, 11) is 0. The molecule has 4 heteroatoms. The van der Waals surface area contributed by atoms with Crippen LogP contribution in [0.2, 0.25) is 0 Å². The van der Waals surface area contributed by atoms with E-state index in [0.717, 1.165) is 15.9 Å². The average Bonchev–Trinajstić information content (AvgIpc) is 2.74. The van der Waals surface area contributed by atoms with Crippen LogP contribution >= 0.6 is 6.89 Å². The molecule has 0 atom stereocenters. The van der Waals surface area contributed by atoms with Gasteiger partial charge in [0.25, 0.3) is 0 Å². The van der Waals surface area contributed by atoms with Gasteiger partial charge < -0.3 is 5.73 Å². The molecule has 0 aliphatic carbocycles. The molecular formula is C23H21N2OP. The van der Waals surface area contributed by atoms with Crippen LogP contribution in [0, 0.1) is 11.3 Å². The number of carbonyl (C=O) groups is 1. The summed E-state index contributed by atoms with van der Waals surface area (Å²) in [6, 6.07) is 32.0. The maximum Gasteiger partial charge on any atom is 0.175 e. The van der Waals surface area contributed by atoms with E-state index in [4.69, 9.17) is 5.73 Å². The van der Waals surface area contributed by atoms with Crippen molar-refractivity contribution in [2.24, 2.45) is 5.73 Å². The lowest BCUT2D eigenvalue weighted by Gasteiger charge is -2.30. The summed E-state index contributed by atoms with van der Waals surface area (Å²) in [5.41, 5.74) is 5.65. The third kappa shape index (κ3) is 3.51. The lowest BCUT2D eigenvalue weighted by atomic mass is 10.2. The highest BCUT2D eigenvalue weighted by Crippen LogP contribution is 2.46. The monoisotopic (exact) mass is 372 g/mol. The first-order valence-corrected chi connectivity index (χ1v) is 10.6. The smallest absolute Gasteiger partial charge is 0.175 e. The van der Waals surface area contributed by atoms with Gasteiger partial charge in [-0.3, -0.25) is 4.79 Å². The predicted molar refractivity (Wildman–Crippen MR) is 114 cm³/mol. The molecule has 0 bridgehead atoms. The highest BCUT2D eigenvalue weighted by atomic mass is 31.2. The van der Waals surface area contributed by atoms with Crippen LogP contribution in [0.5, 0.6) is 0 Å². The second-order valence-corrected chi connectivity index (χ2v) is 9.44. The molecule has 0 saturated carbocycles. The number of Topliss-reactive ketones (excluding diaryl/α,β-unsaturated/α-hetero) is 1. The number of carbonyl (C=O) groups excluding carboxylic acids is 1. The number of benzene rings is 3. The zero-order valence-electron chi connectivity index (χ0n) is 15.0. The van der Waals surface area contributed by atoms with Crippen molar-refractivity contribution in [3.8, 4) is 6.07 Å². The normalized spacial score (nSPS) is 10.8. The van der Waals surface area contributed by atoms with Gasteiger partial charge in [-0.05, 0) is 29.3 Å². The highest BCUT2D eigenvalue weighted by Gasteiger charge is 2.32. The van der Waals surface area contributed by atoms with E-state index < -0.39 is 6.89 Å². The van der Waals surface area contributed by atoms with Crippen molar-refractivity contribution < 1.29 is 4.79 Å². The number of nitrogens with two attached hydrogens (primary N) is 1. The first-order chi connectivity index (χ1) is 13.2. The zero-order valence-corrected chi connectivity index (χ0v) is 15.8. The Kier molecular flexibility index (Phi) is 6.04. The van der Waals surface area contributed by atoms with E-state index in [1.807, 2.05) is 91.0 Å². The van der Waals surface area contributed by atoms with Crippen molar-refractivity contribution in [1.82, 2.24) is 0 Å². The number of ketones is 1. The van der Waals surface area contributed by atoms with Gasteiger partial charge in [0.1, 0.15) is 11.4 Å². The lowest BCUT2D eigenvalue weighted by Crippen LogP contribution is -2.33. The van der Waals surface area contributed by atoms with Gasteiger partial charge in [0.05, 0.1) is 0 Å². The summed E-state index contributed by atoms with van der Waals surface area (Å²) in [4.78, 5) is 13.0. The molecule has 0 spiro atoms. The molecule has 0 amide bonds. The first kappa shape index (κ1) is 18.9. The van der Waals surface area contributed by atoms with Crippen LogP contribution in [0.15, 0.2) is 91.0 Å². The molecule has 27 heavy (non-hydrogen) atoms. The molecule has 3 rings (SSSR count). The van der Waals surface area contributed by atoms with Crippen LogP contribution in [-0.2, 0) is 4.79 Å². The van der Waals surface area contributed by atoms with Gasteiger partial charge in [0, 0.05) is 6.42 Å². The maximum absolute atomic E-state index is 13.0. The van der Waals surface area contributed by atoms with Gasteiger partial charge in [-0.2, -0.15) is 5.26 Å². The number of rotatable bonds is 6.